The third-order valence-corrected chi connectivity index (χ3v) is 3.96. The molecule has 5 nitrogen and oxygen atoms in total. The summed E-state index contributed by atoms with van der Waals surface area (Å²) < 4.78 is 39.0. The summed E-state index contributed by atoms with van der Waals surface area (Å²) in [5, 5.41) is 27.8. The first-order valence-electron chi connectivity index (χ1n) is 7.28. The van der Waals surface area contributed by atoms with E-state index in [4.69, 9.17) is 5.73 Å². The van der Waals surface area contributed by atoms with E-state index in [1.165, 1.54) is 6.07 Å². The third-order valence-electron chi connectivity index (χ3n) is 3.96. The van der Waals surface area contributed by atoms with Crippen molar-refractivity contribution in [1.82, 2.24) is 10.2 Å². The molecule has 0 aliphatic heterocycles. The topological polar surface area (TPSA) is 92.3 Å². The second-order valence-electron chi connectivity index (χ2n) is 5.60. The minimum Gasteiger partial charge on any atom is -0.423 e. The second kappa shape index (κ2) is 6.01. The first-order chi connectivity index (χ1) is 11.7. The molecule has 0 amide bonds. The Hall–Kier alpha value is -2.65. The molecule has 2 aromatic carbocycles. The summed E-state index contributed by atoms with van der Waals surface area (Å²) in [6, 6.07) is 8.33. The molecule has 3 rings (SSSR count). The number of benzene rings is 2. The van der Waals surface area contributed by atoms with Gasteiger partial charge in [-0.3, -0.25) is 0 Å². The van der Waals surface area contributed by atoms with Crippen LogP contribution in [0.4, 0.5) is 19.0 Å². The van der Waals surface area contributed by atoms with E-state index in [-0.39, 0.29) is 5.82 Å². The highest BCUT2D eigenvalue weighted by Crippen LogP contribution is 2.31. The lowest BCUT2D eigenvalue weighted by Crippen LogP contribution is -2.36. The number of rotatable bonds is 2. The largest absolute Gasteiger partial charge is 0.489 e. The minimum absolute atomic E-state index is 0.256. The molecule has 25 heavy (non-hydrogen) atoms. The quantitative estimate of drug-likeness (QED) is 0.616. The summed E-state index contributed by atoms with van der Waals surface area (Å²) in [4.78, 5) is 0. The number of nitrogens with two attached hydrogens (primary N) is 1. The van der Waals surface area contributed by atoms with E-state index in [0.29, 0.717) is 22.2 Å². The van der Waals surface area contributed by atoms with Crippen LogP contribution in [0.1, 0.15) is 11.3 Å². The summed E-state index contributed by atoms with van der Waals surface area (Å²) in [5.74, 6) is 0.256. The molecule has 0 radical (unpaired) electrons. The van der Waals surface area contributed by atoms with Crippen LogP contribution in [0, 0.1) is 6.92 Å². The summed E-state index contributed by atoms with van der Waals surface area (Å²) in [6.45, 7) is 1.74. The van der Waals surface area contributed by atoms with Crippen molar-refractivity contribution in [2.75, 3.05) is 5.73 Å². The maximum atomic E-state index is 13.0. The lowest BCUT2D eigenvalue weighted by atomic mass is 9.75. The SMILES string of the molecule is Cc1nnc(N)c2ccc(-c3ccc(C(F)(F)F)c(B(O)O)c3)cc12. The van der Waals surface area contributed by atoms with Gasteiger partial charge in [-0.05, 0) is 41.7 Å². The van der Waals surface area contributed by atoms with Crippen LogP contribution in [0.5, 0.6) is 0 Å². The molecule has 1 aromatic heterocycles. The number of hydrogen-bond acceptors (Lipinski definition) is 5. The summed E-state index contributed by atoms with van der Waals surface area (Å²) in [7, 11) is -2.24. The van der Waals surface area contributed by atoms with E-state index in [9.17, 15) is 23.2 Å². The van der Waals surface area contributed by atoms with Crippen LogP contribution in [-0.2, 0) is 6.18 Å². The van der Waals surface area contributed by atoms with Crippen molar-refractivity contribution in [2.24, 2.45) is 0 Å². The second-order valence-corrected chi connectivity index (χ2v) is 5.60. The molecule has 0 saturated heterocycles. The molecule has 0 spiro atoms. The first-order valence-corrected chi connectivity index (χ1v) is 7.28. The first kappa shape index (κ1) is 17.2. The number of aryl methyl sites for hydroxylation is 1. The maximum absolute atomic E-state index is 13.0. The van der Waals surface area contributed by atoms with Gasteiger partial charge in [0.1, 0.15) is 0 Å². The summed E-state index contributed by atoms with van der Waals surface area (Å²) in [5.41, 5.74) is 5.72. The molecular weight excluding hydrogens is 334 g/mol. The van der Waals surface area contributed by atoms with Crippen LogP contribution >= 0.6 is 0 Å². The van der Waals surface area contributed by atoms with Gasteiger partial charge < -0.3 is 15.8 Å². The van der Waals surface area contributed by atoms with Crippen LogP contribution in [0.15, 0.2) is 36.4 Å². The molecule has 1 heterocycles. The predicted molar refractivity (Wildman–Crippen MR) is 89.0 cm³/mol. The van der Waals surface area contributed by atoms with Gasteiger partial charge in [-0.15, -0.1) is 5.10 Å². The van der Waals surface area contributed by atoms with E-state index in [0.717, 1.165) is 17.5 Å². The van der Waals surface area contributed by atoms with Crippen molar-refractivity contribution in [2.45, 2.75) is 13.1 Å². The average molecular weight is 347 g/mol. The van der Waals surface area contributed by atoms with Gasteiger partial charge in [-0.25, -0.2) is 0 Å². The number of hydrogen-bond donors (Lipinski definition) is 3. The number of nitrogen functional groups attached to an aromatic ring is 1. The van der Waals surface area contributed by atoms with Gasteiger partial charge in [-0.2, -0.15) is 18.3 Å². The Balaban J connectivity index is 2.18. The molecule has 4 N–H and O–H groups in total. The molecule has 0 aliphatic carbocycles. The summed E-state index contributed by atoms with van der Waals surface area (Å²) in [6.07, 6.45) is -4.68. The van der Waals surface area contributed by atoms with Gasteiger partial charge in [0.15, 0.2) is 5.82 Å². The van der Waals surface area contributed by atoms with Gasteiger partial charge in [0, 0.05) is 10.8 Å². The number of aromatic nitrogens is 2. The van der Waals surface area contributed by atoms with Crippen LogP contribution in [-0.4, -0.2) is 27.4 Å². The average Bonchev–Trinajstić information content (AvgIpc) is 2.56. The van der Waals surface area contributed by atoms with Gasteiger partial charge in [-0.1, -0.05) is 18.2 Å². The van der Waals surface area contributed by atoms with E-state index in [1.54, 1.807) is 25.1 Å². The van der Waals surface area contributed by atoms with Crippen LogP contribution < -0.4 is 11.2 Å². The predicted octanol–water partition coefficient (Wildman–Crippen LogP) is 1.89. The Labute approximate surface area is 141 Å². The maximum Gasteiger partial charge on any atom is 0.489 e. The lowest BCUT2D eigenvalue weighted by molar-refractivity contribution is -0.136. The van der Waals surface area contributed by atoms with Crippen LogP contribution in [0.25, 0.3) is 21.9 Å². The zero-order valence-electron chi connectivity index (χ0n) is 13.0. The van der Waals surface area contributed by atoms with Gasteiger partial charge in [0.2, 0.25) is 0 Å². The Bertz CT molecular complexity index is 961. The molecule has 128 valence electrons. The van der Waals surface area contributed by atoms with E-state index in [2.05, 4.69) is 10.2 Å². The standard InChI is InChI=1S/C16H13BF3N3O2/c1-8-12-6-9(2-4-11(12)15(21)23-22-8)10-3-5-13(16(18,19)20)14(7-10)17(24)25/h2-7,24-25H,1H3,(H2,21,23). The Morgan fingerprint density at radius 1 is 0.960 bits per heavy atom. The van der Waals surface area contributed by atoms with E-state index in [1.807, 2.05) is 0 Å². The normalized spacial score (nSPS) is 11.8. The number of halogens is 3. The molecular formula is C16H13BF3N3O2. The summed E-state index contributed by atoms with van der Waals surface area (Å²) >= 11 is 0. The number of nitrogens with zero attached hydrogens (tertiary/aromatic N) is 2. The molecule has 0 unspecified atom stereocenters. The number of anilines is 1. The van der Waals surface area contributed by atoms with Crippen molar-refractivity contribution in [3.8, 4) is 11.1 Å². The number of alkyl halides is 3. The molecule has 3 aromatic rings. The zero-order valence-corrected chi connectivity index (χ0v) is 13.0. The Morgan fingerprint density at radius 3 is 2.24 bits per heavy atom. The van der Waals surface area contributed by atoms with Crippen LogP contribution in [0.3, 0.4) is 0 Å². The van der Waals surface area contributed by atoms with Crippen molar-refractivity contribution in [1.29, 1.82) is 0 Å². The fourth-order valence-electron chi connectivity index (χ4n) is 2.70. The number of fused-ring (bicyclic) bond motifs is 1. The Kier molecular flexibility index (Phi) is 4.13. The highest BCUT2D eigenvalue weighted by atomic mass is 19.4. The fraction of sp³-hybridized carbons (Fsp3) is 0.125. The molecule has 9 heteroatoms. The van der Waals surface area contributed by atoms with Gasteiger partial charge in [0.25, 0.3) is 0 Å². The smallest absolute Gasteiger partial charge is 0.423 e. The van der Waals surface area contributed by atoms with Crippen molar-refractivity contribution >= 4 is 29.2 Å². The van der Waals surface area contributed by atoms with Crippen molar-refractivity contribution in [3.05, 3.63) is 47.7 Å². The third kappa shape index (κ3) is 3.15. The zero-order chi connectivity index (χ0) is 18.4. The molecule has 0 fully saturated rings. The highest BCUT2D eigenvalue weighted by Gasteiger charge is 2.36. The van der Waals surface area contributed by atoms with Crippen molar-refractivity contribution in [3.63, 3.8) is 0 Å². The highest BCUT2D eigenvalue weighted by molar-refractivity contribution is 6.59. The van der Waals surface area contributed by atoms with Crippen LogP contribution in [0.2, 0.25) is 0 Å². The molecule has 0 bridgehead atoms. The molecule has 0 saturated carbocycles. The minimum atomic E-state index is -4.68. The van der Waals surface area contributed by atoms with E-state index < -0.39 is 24.3 Å². The fourth-order valence-corrected chi connectivity index (χ4v) is 2.70. The van der Waals surface area contributed by atoms with Gasteiger partial charge in [0.05, 0.1) is 11.3 Å². The lowest BCUT2D eigenvalue weighted by Gasteiger charge is -2.14. The Morgan fingerprint density at radius 2 is 1.60 bits per heavy atom. The monoisotopic (exact) mass is 347 g/mol. The van der Waals surface area contributed by atoms with E-state index >= 15 is 0 Å². The van der Waals surface area contributed by atoms with Crippen molar-refractivity contribution < 1.29 is 23.2 Å². The molecule has 0 aliphatic rings. The van der Waals surface area contributed by atoms with Gasteiger partial charge >= 0.3 is 13.3 Å². The molecule has 0 atom stereocenters.